The van der Waals surface area contributed by atoms with Crippen LogP contribution in [0.4, 0.5) is 0 Å². The van der Waals surface area contributed by atoms with Crippen LogP contribution in [0.25, 0.3) is 4.96 Å². The van der Waals surface area contributed by atoms with E-state index >= 15 is 0 Å². The second kappa shape index (κ2) is 4.82. The molecule has 0 bridgehead atoms. The maximum atomic E-state index is 11.4. The Morgan fingerprint density at radius 3 is 2.95 bits per heavy atom. The highest BCUT2D eigenvalue weighted by molar-refractivity contribution is 7.91. The van der Waals surface area contributed by atoms with E-state index in [1.165, 1.54) is 11.3 Å². The summed E-state index contributed by atoms with van der Waals surface area (Å²) in [5, 5.41) is 13.7. The Morgan fingerprint density at radius 1 is 1.42 bits per heavy atom. The molecule has 8 heteroatoms. The zero-order valence-electron chi connectivity index (χ0n) is 10.7. The molecule has 2 aromatic rings. The SMILES string of the molecule is CCCc1nnc2sc(CC3CCS(=O)(=O)C3)nn12. The fourth-order valence-corrected chi connectivity index (χ4v) is 5.27. The maximum Gasteiger partial charge on any atom is 0.234 e. The van der Waals surface area contributed by atoms with Gasteiger partial charge in [0, 0.05) is 12.8 Å². The van der Waals surface area contributed by atoms with E-state index in [1.807, 2.05) is 0 Å². The molecular formula is C11H16N4O2S2. The van der Waals surface area contributed by atoms with Crippen LogP contribution < -0.4 is 0 Å². The lowest BCUT2D eigenvalue weighted by molar-refractivity contribution is 0.577. The molecule has 19 heavy (non-hydrogen) atoms. The molecule has 2 aromatic heterocycles. The Bertz CT molecular complexity index is 689. The highest BCUT2D eigenvalue weighted by atomic mass is 32.2. The van der Waals surface area contributed by atoms with Crippen molar-refractivity contribution >= 4 is 26.1 Å². The fourth-order valence-electron chi connectivity index (χ4n) is 2.44. The monoisotopic (exact) mass is 300 g/mol. The smallest absolute Gasteiger partial charge is 0.229 e. The number of fused-ring (bicyclic) bond motifs is 1. The van der Waals surface area contributed by atoms with E-state index in [9.17, 15) is 8.42 Å². The molecule has 6 nitrogen and oxygen atoms in total. The average Bonchev–Trinajstić information content (AvgIpc) is 2.97. The van der Waals surface area contributed by atoms with Gasteiger partial charge in [-0.15, -0.1) is 10.2 Å². The molecule has 1 aliphatic heterocycles. The molecule has 3 heterocycles. The summed E-state index contributed by atoms with van der Waals surface area (Å²) in [6.45, 7) is 2.09. The molecule has 1 aliphatic rings. The maximum absolute atomic E-state index is 11.4. The molecule has 1 fully saturated rings. The van der Waals surface area contributed by atoms with Crippen LogP contribution in [0, 0.1) is 5.92 Å². The minimum atomic E-state index is -2.81. The number of nitrogens with zero attached hydrogens (tertiary/aromatic N) is 4. The van der Waals surface area contributed by atoms with Crippen molar-refractivity contribution in [3.63, 3.8) is 0 Å². The third kappa shape index (κ3) is 2.64. The molecule has 0 radical (unpaired) electrons. The third-order valence-corrected chi connectivity index (χ3v) is 6.12. The van der Waals surface area contributed by atoms with Gasteiger partial charge in [-0.3, -0.25) is 0 Å². The summed E-state index contributed by atoms with van der Waals surface area (Å²) in [6, 6.07) is 0. The highest BCUT2D eigenvalue weighted by Crippen LogP contribution is 2.25. The first-order chi connectivity index (χ1) is 9.07. The molecule has 1 saturated heterocycles. The topological polar surface area (TPSA) is 77.2 Å². The number of aryl methyl sites for hydroxylation is 1. The van der Waals surface area contributed by atoms with E-state index in [4.69, 9.17) is 0 Å². The van der Waals surface area contributed by atoms with Crippen LogP contribution in [-0.4, -0.2) is 39.7 Å². The Kier molecular flexibility index (Phi) is 3.30. The van der Waals surface area contributed by atoms with Crippen molar-refractivity contribution in [2.45, 2.75) is 32.6 Å². The largest absolute Gasteiger partial charge is 0.234 e. The molecule has 0 N–H and O–H groups in total. The van der Waals surface area contributed by atoms with Crippen LogP contribution in [0.1, 0.15) is 30.6 Å². The molecule has 104 valence electrons. The van der Waals surface area contributed by atoms with Gasteiger partial charge >= 0.3 is 0 Å². The number of hydrogen-bond acceptors (Lipinski definition) is 6. The number of sulfone groups is 1. The summed E-state index contributed by atoms with van der Waals surface area (Å²) in [7, 11) is -2.81. The second-order valence-electron chi connectivity index (χ2n) is 5.03. The number of hydrogen-bond donors (Lipinski definition) is 0. The van der Waals surface area contributed by atoms with E-state index < -0.39 is 9.84 Å². The van der Waals surface area contributed by atoms with Crippen LogP contribution in [0.5, 0.6) is 0 Å². The molecule has 0 amide bonds. The molecule has 1 atom stereocenters. The molecule has 3 rings (SSSR count). The molecule has 0 aromatic carbocycles. The lowest BCUT2D eigenvalue weighted by atomic mass is 10.1. The van der Waals surface area contributed by atoms with Gasteiger partial charge in [-0.05, 0) is 18.8 Å². The van der Waals surface area contributed by atoms with Crippen LogP contribution in [0.2, 0.25) is 0 Å². The first kappa shape index (κ1) is 13.0. The fraction of sp³-hybridized carbons (Fsp3) is 0.727. The summed E-state index contributed by atoms with van der Waals surface area (Å²) in [4.78, 5) is 0.805. The summed E-state index contributed by atoms with van der Waals surface area (Å²) in [5.41, 5.74) is 0. The van der Waals surface area contributed by atoms with E-state index in [0.717, 1.165) is 41.5 Å². The molecule has 0 saturated carbocycles. The number of aromatic nitrogens is 4. The van der Waals surface area contributed by atoms with Crippen molar-refractivity contribution in [2.75, 3.05) is 11.5 Å². The molecule has 1 unspecified atom stereocenters. The molecular weight excluding hydrogens is 284 g/mol. The highest BCUT2D eigenvalue weighted by Gasteiger charge is 2.29. The van der Waals surface area contributed by atoms with Crippen molar-refractivity contribution in [2.24, 2.45) is 5.92 Å². The third-order valence-electron chi connectivity index (χ3n) is 3.36. The average molecular weight is 300 g/mol. The Balaban J connectivity index is 1.78. The van der Waals surface area contributed by atoms with Crippen LogP contribution in [0.3, 0.4) is 0 Å². The van der Waals surface area contributed by atoms with Crippen molar-refractivity contribution < 1.29 is 8.42 Å². The summed E-state index contributed by atoms with van der Waals surface area (Å²) < 4.78 is 24.7. The van der Waals surface area contributed by atoms with Gasteiger partial charge in [0.1, 0.15) is 5.01 Å². The van der Waals surface area contributed by atoms with Crippen molar-refractivity contribution in [3.8, 4) is 0 Å². The standard InChI is InChI=1S/C11H16N4O2S2/c1-2-3-9-12-13-11-15(9)14-10(18-11)6-8-4-5-19(16,17)7-8/h8H,2-7H2,1H3. The van der Waals surface area contributed by atoms with Crippen LogP contribution in [0.15, 0.2) is 0 Å². The van der Waals surface area contributed by atoms with E-state index in [1.54, 1.807) is 4.52 Å². The molecule has 0 spiro atoms. The van der Waals surface area contributed by atoms with Gasteiger partial charge < -0.3 is 0 Å². The van der Waals surface area contributed by atoms with Gasteiger partial charge in [0.2, 0.25) is 4.96 Å². The first-order valence-corrected chi connectivity index (χ1v) is 9.11. The Morgan fingerprint density at radius 2 is 2.26 bits per heavy atom. The van der Waals surface area contributed by atoms with Gasteiger partial charge in [0.05, 0.1) is 11.5 Å². The van der Waals surface area contributed by atoms with E-state index in [2.05, 4.69) is 22.2 Å². The summed E-state index contributed by atoms with van der Waals surface area (Å²) in [6.07, 6.45) is 3.36. The lowest BCUT2D eigenvalue weighted by Crippen LogP contribution is -2.07. The van der Waals surface area contributed by atoms with E-state index in [0.29, 0.717) is 11.5 Å². The van der Waals surface area contributed by atoms with Crippen molar-refractivity contribution in [1.82, 2.24) is 19.8 Å². The first-order valence-electron chi connectivity index (χ1n) is 6.48. The predicted octanol–water partition coefficient (Wildman–Crippen LogP) is 1.12. The lowest BCUT2D eigenvalue weighted by Gasteiger charge is -2.02. The number of rotatable bonds is 4. The summed E-state index contributed by atoms with van der Waals surface area (Å²) >= 11 is 1.51. The Labute approximate surface area is 115 Å². The second-order valence-corrected chi connectivity index (χ2v) is 8.30. The van der Waals surface area contributed by atoms with Crippen LogP contribution >= 0.6 is 11.3 Å². The normalized spacial score (nSPS) is 22.3. The van der Waals surface area contributed by atoms with Crippen LogP contribution in [-0.2, 0) is 22.7 Å². The van der Waals surface area contributed by atoms with E-state index in [-0.39, 0.29) is 5.92 Å². The van der Waals surface area contributed by atoms with Gasteiger partial charge in [0.15, 0.2) is 15.7 Å². The quantitative estimate of drug-likeness (QED) is 0.845. The molecule has 0 aliphatic carbocycles. The van der Waals surface area contributed by atoms with Gasteiger partial charge in [0.25, 0.3) is 0 Å². The minimum absolute atomic E-state index is 0.212. The zero-order valence-corrected chi connectivity index (χ0v) is 12.4. The van der Waals surface area contributed by atoms with Crippen molar-refractivity contribution in [1.29, 1.82) is 0 Å². The van der Waals surface area contributed by atoms with Gasteiger partial charge in [-0.1, -0.05) is 18.3 Å². The minimum Gasteiger partial charge on any atom is -0.229 e. The predicted molar refractivity (Wildman–Crippen MR) is 73.1 cm³/mol. The summed E-state index contributed by atoms with van der Waals surface area (Å²) in [5.74, 6) is 1.72. The Hall–Kier alpha value is -1.02. The van der Waals surface area contributed by atoms with Gasteiger partial charge in [-0.2, -0.15) is 9.61 Å². The van der Waals surface area contributed by atoms with Gasteiger partial charge in [-0.25, -0.2) is 8.42 Å². The van der Waals surface area contributed by atoms with Crippen molar-refractivity contribution in [3.05, 3.63) is 10.8 Å². The zero-order chi connectivity index (χ0) is 13.5.